The Bertz CT molecular complexity index is 1500. The SMILES string of the molecule is CC/C=C\C/C=C\C/C=C\C/C=C\C/C=C\C/C=C\CCCCCOCC(COP(=O)(O)OCC[N+](C)(C)C)OC(=O)CC/C=C\C/C=C\C/C=C\C/C=C\C/C=C\C/C=C\CC. The summed E-state index contributed by atoms with van der Waals surface area (Å²) in [6.45, 7) is 5.15. The first-order chi connectivity index (χ1) is 30.6. The number of allylic oxidation sites excluding steroid dienone is 24. The minimum atomic E-state index is -4.32. The van der Waals surface area contributed by atoms with Crippen LogP contribution in [-0.4, -0.2) is 75.6 Å². The number of hydrogen-bond donors (Lipinski definition) is 1. The largest absolute Gasteiger partial charge is 0.472 e. The van der Waals surface area contributed by atoms with Crippen LogP contribution in [-0.2, 0) is 27.9 Å². The topological polar surface area (TPSA) is 91.3 Å². The van der Waals surface area contributed by atoms with Gasteiger partial charge in [-0.3, -0.25) is 13.8 Å². The van der Waals surface area contributed by atoms with Crippen LogP contribution in [0.4, 0.5) is 0 Å². The third-order valence-corrected chi connectivity index (χ3v) is 9.89. The predicted molar refractivity (Wildman–Crippen MR) is 269 cm³/mol. The zero-order chi connectivity index (χ0) is 46.2. The van der Waals surface area contributed by atoms with Gasteiger partial charge in [0.2, 0.25) is 0 Å². The molecule has 0 saturated carbocycles. The average molecular weight is 893 g/mol. The number of phosphoric acid groups is 1. The molecular formula is C54H87NO7P+. The second-order valence-corrected chi connectivity index (χ2v) is 17.5. The van der Waals surface area contributed by atoms with Crippen LogP contribution in [0.25, 0.3) is 0 Å². The number of phosphoric ester groups is 1. The second-order valence-electron chi connectivity index (χ2n) is 16.0. The van der Waals surface area contributed by atoms with Gasteiger partial charge in [0.05, 0.1) is 34.4 Å². The summed E-state index contributed by atoms with van der Waals surface area (Å²) in [6.07, 6.45) is 67.7. The summed E-state index contributed by atoms with van der Waals surface area (Å²) in [5.41, 5.74) is 0. The fourth-order valence-electron chi connectivity index (χ4n) is 5.34. The molecule has 0 aromatic heterocycles. The van der Waals surface area contributed by atoms with E-state index in [2.05, 4.69) is 148 Å². The van der Waals surface area contributed by atoms with Gasteiger partial charge in [-0.2, -0.15) is 0 Å². The average Bonchev–Trinajstić information content (AvgIpc) is 3.24. The highest BCUT2D eigenvalue weighted by Gasteiger charge is 2.26. The van der Waals surface area contributed by atoms with E-state index in [1.54, 1.807) is 0 Å². The quantitative estimate of drug-likeness (QED) is 0.0215. The number of unbranched alkanes of at least 4 members (excludes halogenated alkanes) is 3. The van der Waals surface area contributed by atoms with Crippen LogP contribution >= 0.6 is 7.82 Å². The van der Waals surface area contributed by atoms with Gasteiger partial charge in [-0.1, -0.05) is 166 Å². The summed E-state index contributed by atoms with van der Waals surface area (Å²) in [5, 5.41) is 0. The van der Waals surface area contributed by atoms with E-state index in [1.165, 1.54) is 0 Å². The van der Waals surface area contributed by atoms with E-state index < -0.39 is 19.9 Å². The van der Waals surface area contributed by atoms with Crippen LogP contribution in [0.3, 0.4) is 0 Å². The van der Waals surface area contributed by atoms with Crippen LogP contribution in [0.2, 0.25) is 0 Å². The molecule has 8 nitrogen and oxygen atoms in total. The van der Waals surface area contributed by atoms with E-state index in [0.29, 0.717) is 24.1 Å². The van der Waals surface area contributed by atoms with Gasteiger partial charge in [0.25, 0.3) is 0 Å². The van der Waals surface area contributed by atoms with Crippen LogP contribution < -0.4 is 0 Å². The summed E-state index contributed by atoms with van der Waals surface area (Å²) in [4.78, 5) is 22.9. The molecule has 0 radical (unpaired) electrons. The van der Waals surface area contributed by atoms with Crippen LogP contribution in [0.1, 0.15) is 129 Å². The van der Waals surface area contributed by atoms with E-state index in [9.17, 15) is 14.3 Å². The number of esters is 1. The lowest BCUT2D eigenvalue weighted by atomic mass is 10.2. The zero-order valence-electron chi connectivity index (χ0n) is 40.0. The van der Waals surface area contributed by atoms with E-state index in [0.717, 1.165) is 103 Å². The van der Waals surface area contributed by atoms with E-state index in [4.69, 9.17) is 18.5 Å². The van der Waals surface area contributed by atoms with Crippen LogP contribution in [0.15, 0.2) is 146 Å². The van der Waals surface area contributed by atoms with Crippen LogP contribution in [0, 0.1) is 0 Å². The number of carbonyl (C=O) groups excluding carboxylic acids is 1. The normalized spacial score (nSPS) is 15.0. The third kappa shape index (κ3) is 49.3. The summed E-state index contributed by atoms with van der Waals surface area (Å²) in [7, 11) is 1.57. The monoisotopic (exact) mass is 893 g/mol. The van der Waals surface area contributed by atoms with Crippen molar-refractivity contribution < 1.29 is 37.3 Å². The Hall–Kier alpha value is -3.62. The van der Waals surface area contributed by atoms with Crippen molar-refractivity contribution in [2.45, 2.75) is 136 Å². The molecule has 2 atom stereocenters. The number of ether oxygens (including phenoxy) is 2. The minimum Gasteiger partial charge on any atom is -0.457 e. The molecule has 0 aromatic rings. The molecule has 2 unspecified atom stereocenters. The van der Waals surface area contributed by atoms with E-state index in [1.807, 2.05) is 33.3 Å². The van der Waals surface area contributed by atoms with E-state index in [-0.39, 0.29) is 26.2 Å². The van der Waals surface area contributed by atoms with Gasteiger partial charge < -0.3 is 18.9 Å². The lowest BCUT2D eigenvalue weighted by Gasteiger charge is -2.24. The first-order valence-electron chi connectivity index (χ1n) is 23.6. The molecule has 354 valence electrons. The van der Waals surface area contributed by atoms with Crippen LogP contribution in [0.5, 0.6) is 0 Å². The predicted octanol–water partition coefficient (Wildman–Crippen LogP) is 14.5. The maximum atomic E-state index is 12.7. The standard InChI is InChI=1S/C54H86NO7P/c1-6-8-10-12-14-16-18-20-22-24-26-27-28-30-32-34-36-38-40-42-44-46-49-59-51-53(52-61-63(57,58)60-50-48-55(3,4)5)62-54(56)47-45-43-41-39-37-35-33-31-29-25-23-21-19-17-15-13-11-9-7-2/h8-11,14-17,20-23,26-27,29-32,35-38,41,43,53H,6-7,12-13,18-19,24-25,28,33-34,39-40,42,44-52H2,1-5H3/p+1/b10-8-,11-9-,16-14-,17-15-,22-20-,23-21-,27-26-,31-29-,32-30-,37-35-,38-36-,43-41-. The van der Waals surface area contributed by atoms with E-state index >= 15 is 0 Å². The fraction of sp³-hybridized carbons (Fsp3) is 0.537. The Morgan fingerprint density at radius 2 is 0.873 bits per heavy atom. The van der Waals surface area contributed by atoms with Crippen molar-refractivity contribution in [3.63, 3.8) is 0 Å². The molecule has 0 amide bonds. The fourth-order valence-corrected chi connectivity index (χ4v) is 6.09. The Morgan fingerprint density at radius 1 is 0.492 bits per heavy atom. The summed E-state index contributed by atoms with van der Waals surface area (Å²) < 4.78 is 34.9. The number of rotatable bonds is 41. The molecule has 0 aliphatic carbocycles. The van der Waals surface area contributed by atoms with Crippen molar-refractivity contribution in [2.75, 3.05) is 54.1 Å². The Kier molecular flexibility index (Phi) is 42.4. The molecule has 9 heteroatoms. The van der Waals surface area contributed by atoms with Crippen molar-refractivity contribution in [1.29, 1.82) is 0 Å². The number of hydrogen-bond acceptors (Lipinski definition) is 6. The van der Waals surface area contributed by atoms with Gasteiger partial charge in [-0.25, -0.2) is 4.57 Å². The molecular weight excluding hydrogens is 806 g/mol. The number of quaternary nitrogens is 1. The molecule has 0 aliphatic heterocycles. The Labute approximate surface area is 385 Å². The van der Waals surface area contributed by atoms with Gasteiger partial charge in [0, 0.05) is 13.0 Å². The molecule has 0 aromatic carbocycles. The first kappa shape index (κ1) is 59.4. The maximum absolute atomic E-state index is 12.7. The van der Waals surface area contributed by atoms with Crippen molar-refractivity contribution in [1.82, 2.24) is 0 Å². The summed E-state index contributed by atoms with van der Waals surface area (Å²) >= 11 is 0. The molecule has 1 N–H and O–H groups in total. The van der Waals surface area contributed by atoms with Crippen molar-refractivity contribution in [2.24, 2.45) is 0 Å². The molecule has 0 saturated heterocycles. The van der Waals surface area contributed by atoms with Gasteiger partial charge in [0.1, 0.15) is 19.3 Å². The molecule has 0 heterocycles. The van der Waals surface area contributed by atoms with Crippen molar-refractivity contribution in [3.8, 4) is 0 Å². The van der Waals surface area contributed by atoms with Crippen molar-refractivity contribution >= 4 is 13.8 Å². The number of likely N-dealkylation sites (N-methyl/N-ethyl adjacent to an activating group) is 1. The molecule has 0 aliphatic rings. The number of nitrogens with zero attached hydrogens (tertiary/aromatic N) is 1. The minimum absolute atomic E-state index is 0.0583. The molecule has 0 bridgehead atoms. The Balaban J connectivity index is 4.44. The maximum Gasteiger partial charge on any atom is 0.472 e. The lowest BCUT2D eigenvalue weighted by Crippen LogP contribution is -2.37. The second kappa shape index (κ2) is 45.0. The molecule has 0 rings (SSSR count). The van der Waals surface area contributed by atoms with Gasteiger partial charge in [-0.15, -0.1) is 0 Å². The molecule has 0 fully saturated rings. The lowest BCUT2D eigenvalue weighted by molar-refractivity contribution is -0.870. The zero-order valence-corrected chi connectivity index (χ0v) is 40.9. The third-order valence-electron chi connectivity index (χ3n) is 8.91. The highest BCUT2D eigenvalue weighted by atomic mass is 31.2. The highest BCUT2D eigenvalue weighted by molar-refractivity contribution is 7.47. The first-order valence-corrected chi connectivity index (χ1v) is 25.1. The smallest absolute Gasteiger partial charge is 0.457 e. The number of carbonyl (C=O) groups is 1. The molecule has 0 spiro atoms. The van der Waals surface area contributed by atoms with Crippen molar-refractivity contribution in [3.05, 3.63) is 146 Å². The van der Waals surface area contributed by atoms with Gasteiger partial charge in [-0.05, 0) is 103 Å². The summed E-state index contributed by atoms with van der Waals surface area (Å²) in [5.74, 6) is -0.415. The summed E-state index contributed by atoms with van der Waals surface area (Å²) in [6, 6.07) is 0. The van der Waals surface area contributed by atoms with Gasteiger partial charge in [0.15, 0.2) is 0 Å². The molecule has 63 heavy (non-hydrogen) atoms. The van der Waals surface area contributed by atoms with Gasteiger partial charge >= 0.3 is 13.8 Å². The Morgan fingerprint density at radius 3 is 1.27 bits per heavy atom. The highest BCUT2D eigenvalue weighted by Crippen LogP contribution is 2.43.